The Morgan fingerprint density at radius 2 is 1.88 bits per heavy atom. The molecule has 0 atom stereocenters. The summed E-state index contributed by atoms with van der Waals surface area (Å²) in [5.41, 5.74) is 4.20. The first-order valence-corrected chi connectivity index (χ1v) is 9.50. The summed E-state index contributed by atoms with van der Waals surface area (Å²) in [6, 6.07) is 15.6. The molecule has 1 aromatic heterocycles. The lowest BCUT2D eigenvalue weighted by Crippen LogP contribution is -2.00. The molecule has 0 aliphatic rings. The molecule has 0 spiro atoms. The van der Waals surface area contributed by atoms with E-state index in [1.165, 1.54) is 0 Å². The minimum Gasteiger partial charge on any atom is -0.334 e. The quantitative estimate of drug-likeness (QED) is 0.247. The topological polar surface area (TPSA) is 61.0 Å². The molecular weight excluding hydrogens is 346 g/mol. The summed E-state index contributed by atoms with van der Waals surface area (Å²) >= 11 is 1.54. The van der Waals surface area contributed by atoms with Crippen molar-refractivity contribution in [3.05, 3.63) is 76.2 Å². The summed E-state index contributed by atoms with van der Waals surface area (Å²) in [4.78, 5) is 16.2. The van der Waals surface area contributed by atoms with E-state index in [9.17, 15) is 10.1 Å². The number of hydrogen-bond acceptors (Lipinski definition) is 4. The first-order chi connectivity index (χ1) is 12.6. The molecule has 0 unspecified atom stereocenters. The number of para-hydroxylation sites is 1. The van der Waals surface area contributed by atoms with Gasteiger partial charge in [-0.25, -0.2) is 4.98 Å². The number of nitrogens with zero attached hydrogens (tertiary/aromatic N) is 3. The summed E-state index contributed by atoms with van der Waals surface area (Å²) < 4.78 is 2.15. The number of nitro benzene ring substituents is 1. The number of aromatic nitrogens is 2. The van der Waals surface area contributed by atoms with Gasteiger partial charge in [0.2, 0.25) is 0 Å². The highest BCUT2D eigenvalue weighted by Crippen LogP contribution is 2.32. The van der Waals surface area contributed by atoms with Gasteiger partial charge in [-0.15, -0.1) is 11.8 Å². The molecule has 0 saturated heterocycles. The molecule has 0 aliphatic heterocycles. The Labute approximate surface area is 157 Å². The lowest BCUT2D eigenvalue weighted by molar-refractivity contribution is -0.388. The van der Waals surface area contributed by atoms with E-state index in [2.05, 4.69) is 28.6 Å². The highest BCUT2D eigenvalue weighted by atomic mass is 32.2. The molecular formula is C20H21N3O2S. The number of benzene rings is 2. The average Bonchev–Trinajstić information content (AvgIpc) is 3.00. The zero-order valence-corrected chi connectivity index (χ0v) is 15.7. The van der Waals surface area contributed by atoms with E-state index in [-0.39, 0.29) is 10.6 Å². The van der Waals surface area contributed by atoms with Gasteiger partial charge in [0.05, 0.1) is 21.8 Å². The van der Waals surface area contributed by atoms with Crippen molar-refractivity contribution in [2.24, 2.45) is 0 Å². The molecule has 5 nitrogen and oxygen atoms in total. The molecule has 6 heteroatoms. The molecule has 0 bridgehead atoms. The standard InChI is InChI=1S/C20H21N3O2S/c1-15-8-6-11-18(20(15)23(24)25)26-13-7-12-22-14-21-19(16(22)2)17-9-4-3-5-10-17/h3-6,8-11,14H,7,12-13H2,1-2H3. The normalized spacial score (nSPS) is 10.8. The maximum Gasteiger partial charge on any atom is 0.285 e. The van der Waals surface area contributed by atoms with Crippen LogP contribution >= 0.6 is 11.8 Å². The fraction of sp³-hybridized carbons (Fsp3) is 0.250. The molecule has 0 amide bonds. The first kappa shape index (κ1) is 18.2. The maximum atomic E-state index is 11.3. The highest BCUT2D eigenvalue weighted by molar-refractivity contribution is 7.99. The van der Waals surface area contributed by atoms with Crippen molar-refractivity contribution < 1.29 is 4.92 Å². The molecule has 3 aromatic rings. The predicted molar refractivity (Wildman–Crippen MR) is 106 cm³/mol. The molecule has 1 heterocycles. The van der Waals surface area contributed by atoms with Crippen LogP contribution in [0.25, 0.3) is 11.3 Å². The zero-order chi connectivity index (χ0) is 18.5. The largest absolute Gasteiger partial charge is 0.334 e. The monoisotopic (exact) mass is 367 g/mol. The molecule has 134 valence electrons. The molecule has 0 saturated carbocycles. The molecule has 26 heavy (non-hydrogen) atoms. The van der Waals surface area contributed by atoms with Crippen molar-refractivity contribution >= 4 is 17.4 Å². The minimum absolute atomic E-state index is 0.225. The second kappa shape index (κ2) is 8.19. The Balaban J connectivity index is 1.61. The van der Waals surface area contributed by atoms with E-state index in [4.69, 9.17) is 0 Å². The van der Waals surface area contributed by atoms with Crippen molar-refractivity contribution in [2.45, 2.75) is 31.7 Å². The van der Waals surface area contributed by atoms with Gasteiger partial charge in [-0.1, -0.05) is 42.5 Å². The number of rotatable bonds is 7. The average molecular weight is 367 g/mol. The smallest absolute Gasteiger partial charge is 0.285 e. The highest BCUT2D eigenvalue weighted by Gasteiger charge is 2.16. The van der Waals surface area contributed by atoms with Crippen LogP contribution in [0.4, 0.5) is 5.69 Å². The Hall–Kier alpha value is -2.60. The van der Waals surface area contributed by atoms with E-state index in [0.29, 0.717) is 5.56 Å². The van der Waals surface area contributed by atoms with Gasteiger partial charge in [0.25, 0.3) is 5.69 Å². The second-order valence-electron chi connectivity index (χ2n) is 6.12. The fourth-order valence-electron chi connectivity index (χ4n) is 2.95. The van der Waals surface area contributed by atoms with Crippen molar-refractivity contribution in [1.82, 2.24) is 9.55 Å². The van der Waals surface area contributed by atoms with E-state index in [1.807, 2.05) is 36.7 Å². The van der Waals surface area contributed by atoms with E-state index in [0.717, 1.165) is 40.6 Å². The van der Waals surface area contributed by atoms with E-state index < -0.39 is 0 Å². The lowest BCUT2D eigenvalue weighted by atomic mass is 10.1. The van der Waals surface area contributed by atoms with Crippen LogP contribution < -0.4 is 0 Å². The summed E-state index contributed by atoms with van der Waals surface area (Å²) in [6.45, 7) is 4.70. The summed E-state index contributed by atoms with van der Waals surface area (Å²) in [5.74, 6) is 0.822. The van der Waals surface area contributed by atoms with Gasteiger partial charge in [0, 0.05) is 23.4 Å². The molecule has 3 rings (SSSR count). The fourth-order valence-corrected chi connectivity index (χ4v) is 3.99. The van der Waals surface area contributed by atoms with Crippen LogP contribution in [-0.2, 0) is 6.54 Å². The van der Waals surface area contributed by atoms with Crippen LogP contribution in [0.3, 0.4) is 0 Å². The zero-order valence-electron chi connectivity index (χ0n) is 14.9. The number of nitro groups is 1. The summed E-state index contributed by atoms with van der Waals surface area (Å²) in [5, 5.41) is 11.3. The molecule has 0 fully saturated rings. The molecule has 0 radical (unpaired) electrons. The van der Waals surface area contributed by atoms with Gasteiger partial charge in [-0.05, 0) is 32.1 Å². The Kier molecular flexibility index (Phi) is 5.73. The Morgan fingerprint density at radius 3 is 2.62 bits per heavy atom. The molecule has 0 N–H and O–H groups in total. The number of thioether (sulfide) groups is 1. The molecule has 2 aromatic carbocycles. The van der Waals surface area contributed by atoms with Gasteiger partial charge in [0.1, 0.15) is 0 Å². The first-order valence-electron chi connectivity index (χ1n) is 8.52. The maximum absolute atomic E-state index is 11.3. The van der Waals surface area contributed by atoms with Crippen molar-refractivity contribution in [1.29, 1.82) is 0 Å². The van der Waals surface area contributed by atoms with Crippen molar-refractivity contribution in [3.8, 4) is 11.3 Å². The van der Waals surface area contributed by atoms with Gasteiger partial charge < -0.3 is 4.57 Å². The Morgan fingerprint density at radius 1 is 1.12 bits per heavy atom. The Bertz CT molecular complexity index is 907. The van der Waals surface area contributed by atoms with Crippen LogP contribution in [-0.4, -0.2) is 20.2 Å². The third kappa shape index (κ3) is 3.96. The number of aryl methyl sites for hydroxylation is 2. The second-order valence-corrected chi connectivity index (χ2v) is 7.26. The van der Waals surface area contributed by atoms with Crippen LogP contribution in [0.5, 0.6) is 0 Å². The molecule has 0 aliphatic carbocycles. The lowest BCUT2D eigenvalue weighted by Gasteiger charge is -2.07. The van der Waals surface area contributed by atoms with Crippen LogP contribution in [0, 0.1) is 24.0 Å². The SMILES string of the molecule is Cc1cccc(SCCCn2cnc(-c3ccccc3)c2C)c1[N+](=O)[O-]. The van der Waals surface area contributed by atoms with Crippen LogP contribution in [0.1, 0.15) is 17.7 Å². The van der Waals surface area contributed by atoms with Crippen molar-refractivity contribution in [2.75, 3.05) is 5.75 Å². The summed E-state index contributed by atoms with van der Waals surface area (Å²) in [6.07, 6.45) is 2.79. The summed E-state index contributed by atoms with van der Waals surface area (Å²) in [7, 11) is 0. The predicted octanol–water partition coefficient (Wildman–Crippen LogP) is 5.26. The van der Waals surface area contributed by atoms with Crippen LogP contribution in [0.15, 0.2) is 59.8 Å². The van der Waals surface area contributed by atoms with Gasteiger partial charge in [0.15, 0.2) is 0 Å². The van der Waals surface area contributed by atoms with Gasteiger partial charge in [-0.3, -0.25) is 10.1 Å². The third-order valence-corrected chi connectivity index (χ3v) is 5.46. The number of imidazole rings is 1. The van der Waals surface area contributed by atoms with E-state index in [1.54, 1.807) is 24.8 Å². The van der Waals surface area contributed by atoms with Crippen LogP contribution in [0.2, 0.25) is 0 Å². The number of hydrogen-bond donors (Lipinski definition) is 0. The van der Waals surface area contributed by atoms with E-state index >= 15 is 0 Å². The minimum atomic E-state index is -0.288. The third-order valence-electron chi connectivity index (χ3n) is 4.33. The van der Waals surface area contributed by atoms with Crippen molar-refractivity contribution in [3.63, 3.8) is 0 Å². The van der Waals surface area contributed by atoms with Gasteiger partial charge in [-0.2, -0.15) is 0 Å². The van der Waals surface area contributed by atoms with Gasteiger partial charge >= 0.3 is 0 Å².